The van der Waals surface area contributed by atoms with E-state index in [4.69, 9.17) is 62.1 Å². The number of carbonyl (C=O) groups excluding carboxylic acids is 4. The number of aliphatic hydroxyl groups excluding tert-OH is 1. The van der Waals surface area contributed by atoms with Crippen molar-refractivity contribution < 1.29 is 76.4 Å². The van der Waals surface area contributed by atoms with Crippen LogP contribution in [0.2, 0.25) is 10.0 Å². The molecule has 2 unspecified atom stereocenters. The van der Waals surface area contributed by atoms with Crippen LogP contribution >= 0.6 is 23.2 Å². The number of pyridine rings is 2. The number of amides is 1. The maximum atomic E-state index is 14.0. The van der Waals surface area contributed by atoms with E-state index in [1.165, 1.54) is 44.6 Å². The minimum absolute atomic E-state index is 0.00513. The van der Waals surface area contributed by atoms with Gasteiger partial charge in [0.1, 0.15) is 47.8 Å². The van der Waals surface area contributed by atoms with Gasteiger partial charge in [-0.2, -0.15) is 0 Å². The third-order valence-corrected chi connectivity index (χ3v) is 14.3. The summed E-state index contributed by atoms with van der Waals surface area (Å²) in [5, 5.41) is 35.4. The fraction of sp³-hybridized carbons (Fsp3) is 0.433. The molecule has 6 N–H and O–H groups in total. The quantitative estimate of drug-likeness (QED) is 0.0264. The summed E-state index contributed by atoms with van der Waals surface area (Å²) in [7, 11) is 2.90. The van der Waals surface area contributed by atoms with Crippen molar-refractivity contribution in [3.8, 4) is 45.5 Å². The minimum Gasteiger partial charge on any atom is -0.493 e. The van der Waals surface area contributed by atoms with E-state index in [9.17, 15) is 43.3 Å². The second-order valence-electron chi connectivity index (χ2n) is 24.4. The van der Waals surface area contributed by atoms with Crippen LogP contribution in [0.1, 0.15) is 159 Å². The van der Waals surface area contributed by atoms with E-state index < -0.39 is 64.0 Å². The van der Waals surface area contributed by atoms with E-state index in [1.54, 1.807) is 143 Å². The van der Waals surface area contributed by atoms with Crippen molar-refractivity contribution in [3.05, 3.63) is 152 Å². The van der Waals surface area contributed by atoms with Crippen LogP contribution in [0.4, 0.5) is 18.4 Å². The molecule has 0 aliphatic heterocycles. The van der Waals surface area contributed by atoms with Gasteiger partial charge in [-0.3, -0.25) is 9.59 Å². The summed E-state index contributed by atoms with van der Waals surface area (Å²) < 4.78 is 65.4. The summed E-state index contributed by atoms with van der Waals surface area (Å²) in [6.45, 7) is 22.4. The monoisotopic (exact) mass is 1270 g/mol. The fourth-order valence-electron chi connectivity index (χ4n) is 8.60. The summed E-state index contributed by atoms with van der Waals surface area (Å²) in [5.41, 5.74) is 5.26. The van der Waals surface area contributed by atoms with Gasteiger partial charge >= 0.3 is 12.2 Å². The lowest BCUT2D eigenvalue weighted by molar-refractivity contribution is -0.000689. The molecule has 6 rings (SSSR count). The summed E-state index contributed by atoms with van der Waals surface area (Å²) in [6, 6.07) is 24.8. The van der Waals surface area contributed by atoms with E-state index in [1.807, 2.05) is 13.8 Å². The molecule has 0 aliphatic carbocycles. The van der Waals surface area contributed by atoms with Crippen LogP contribution in [0.15, 0.2) is 97.1 Å². The molecule has 0 bridgehead atoms. The first-order valence-corrected chi connectivity index (χ1v) is 29.5. The number of halogens is 4. The topological polar surface area (TPSA) is 257 Å². The zero-order valence-corrected chi connectivity index (χ0v) is 54.5. The van der Waals surface area contributed by atoms with Gasteiger partial charge in [0.05, 0.1) is 64.8 Å². The number of hydrogen-bond acceptors (Lipinski definition) is 17. The van der Waals surface area contributed by atoms with E-state index in [0.29, 0.717) is 73.5 Å². The number of rotatable bonds is 25. The number of Topliss-reactive ketones (excluding diaryl/α,β-unsaturated/α-hetero) is 2. The molecule has 1 amide bonds. The van der Waals surface area contributed by atoms with Crippen LogP contribution in [0.5, 0.6) is 23.0 Å². The number of methoxy groups -OCH3 is 2. The first-order chi connectivity index (χ1) is 41.3. The minimum atomic E-state index is -1.59. The van der Waals surface area contributed by atoms with Gasteiger partial charge in [-0.15, -0.1) is 0 Å². The highest BCUT2D eigenvalue weighted by molar-refractivity contribution is 6.31. The molecule has 2 aromatic heterocycles. The van der Waals surface area contributed by atoms with E-state index in [-0.39, 0.29) is 72.3 Å². The van der Waals surface area contributed by atoms with Crippen LogP contribution < -0.4 is 30.0 Å². The Kier molecular flexibility index (Phi) is 24.7. The Bertz CT molecular complexity index is 3470. The number of carbonyl (C=O) groups is 4. The van der Waals surface area contributed by atoms with Gasteiger partial charge in [0.15, 0.2) is 34.6 Å². The van der Waals surface area contributed by atoms with Crippen molar-refractivity contribution in [1.29, 1.82) is 0 Å². The molecular formula is C67H82Cl2F2N4O14. The Balaban J connectivity index is 0.000000324. The lowest BCUT2D eigenvalue weighted by Crippen LogP contribution is -2.44. The Morgan fingerprint density at radius 3 is 1.44 bits per heavy atom. The van der Waals surface area contributed by atoms with Crippen molar-refractivity contribution in [2.24, 2.45) is 5.73 Å². The highest BCUT2D eigenvalue weighted by Crippen LogP contribution is 2.37. The molecule has 0 fully saturated rings. The smallest absolute Gasteiger partial charge is 0.493 e. The summed E-state index contributed by atoms with van der Waals surface area (Å²) >= 11 is 12.1. The summed E-state index contributed by atoms with van der Waals surface area (Å²) in [5.74, 6) is -0.213. The Labute approximate surface area is 529 Å². The number of nitrogens with zero attached hydrogens (tertiary/aromatic N) is 2. The van der Waals surface area contributed by atoms with Crippen LogP contribution in [-0.4, -0.2) is 100 Å². The predicted octanol–water partition coefficient (Wildman–Crippen LogP) is 13.9. The molecule has 6 aromatic rings. The van der Waals surface area contributed by atoms with Crippen LogP contribution in [-0.2, 0) is 36.5 Å². The molecule has 0 radical (unpaired) electrons. The third-order valence-electron chi connectivity index (χ3n) is 13.7. The summed E-state index contributed by atoms with van der Waals surface area (Å²) in [6.07, 6.45) is -2.97. The molecule has 0 spiro atoms. The van der Waals surface area contributed by atoms with E-state index in [0.717, 1.165) is 0 Å². The molecule has 482 valence electrons. The van der Waals surface area contributed by atoms with Gasteiger partial charge in [0.25, 0.3) is 0 Å². The summed E-state index contributed by atoms with van der Waals surface area (Å²) in [4.78, 5) is 60.1. The van der Waals surface area contributed by atoms with Crippen molar-refractivity contribution in [1.82, 2.24) is 15.3 Å². The number of hydrogen-bond donors (Lipinski definition) is 5. The van der Waals surface area contributed by atoms with E-state index in [2.05, 4.69) is 15.3 Å². The number of aliphatic hydroxyl groups is 3. The SMILES string of the molecule is COc1cc(C(=O)CCC(C)(O)c2cc(C(C)(C)N)cc(-c3ccc(F)c(Cl)c3)n2)ccc1OC[C@@H](C)OC(=O)OC(C)C.COc1cc(C(=O)CCC(C)(O)c2cc(C(C)(C)NC(=O)OC(C)(C)C)cc(-c3ccc(F)c(Cl)c3)n2)ccc1OC[C@@H](C)O. The second kappa shape index (κ2) is 30.4. The van der Waals surface area contributed by atoms with Crippen LogP contribution in [0.3, 0.4) is 0 Å². The van der Waals surface area contributed by atoms with Gasteiger partial charge in [0, 0.05) is 40.6 Å². The third kappa shape index (κ3) is 21.4. The largest absolute Gasteiger partial charge is 0.508 e. The standard InChI is InChI=1S/C34H42ClFN2O7.C33H40ClFN2O7/c1-20(39)19-44-28-12-10-22(16-29(28)43-8)27(40)13-14-34(7,42)30-18-23(33(5,6)38-31(41)45-32(2,3)4)17-26(37-30)21-9-11-25(36)24(35)15-21;1-19(2)43-31(39)44-20(3)18-42-28-11-9-22(15-29(28)41-7)27(38)12-13-33(6,40)30-17-23(32(4,5)36)16-26(37-30)21-8-10-25(35)24(34)14-21/h9-12,15-18,20,39,42H,13-14,19H2,1-8H3,(H,38,41);8-11,14-17,19-20,40H,12-13,18,36H2,1-7H3/t20-,34?;20-,33?/m11/s1. The molecule has 0 saturated heterocycles. The number of ketones is 2. The van der Waals surface area contributed by atoms with Crippen molar-refractivity contribution in [3.63, 3.8) is 0 Å². The first kappa shape index (κ1) is 72.3. The fourth-order valence-corrected chi connectivity index (χ4v) is 8.96. The second-order valence-corrected chi connectivity index (χ2v) is 25.2. The molecule has 22 heteroatoms. The van der Waals surface area contributed by atoms with Gasteiger partial charge in [-0.1, -0.05) is 23.2 Å². The molecule has 0 aliphatic rings. The number of alkyl carbamates (subject to hydrolysis) is 1. The zero-order chi connectivity index (χ0) is 66.6. The van der Waals surface area contributed by atoms with Gasteiger partial charge in [-0.25, -0.2) is 28.3 Å². The molecular weight excluding hydrogens is 1190 g/mol. The number of nitrogens with one attached hydrogen (secondary N) is 1. The first-order valence-electron chi connectivity index (χ1n) is 28.8. The maximum Gasteiger partial charge on any atom is 0.508 e. The average molecular weight is 1280 g/mol. The van der Waals surface area contributed by atoms with E-state index >= 15 is 0 Å². The number of nitrogens with two attached hydrogens (primary N) is 1. The Morgan fingerprint density at radius 2 is 1.03 bits per heavy atom. The number of benzene rings is 4. The normalized spacial score (nSPS) is 13.8. The molecule has 4 aromatic carbocycles. The van der Waals surface area contributed by atoms with Crippen LogP contribution in [0.25, 0.3) is 22.5 Å². The molecule has 4 atom stereocenters. The maximum absolute atomic E-state index is 14.0. The zero-order valence-electron chi connectivity index (χ0n) is 53.0. The molecule has 2 heterocycles. The van der Waals surface area contributed by atoms with Gasteiger partial charge in [0.2, 0.25) is 0 Å². The number of aromatic nitrogens is 2. The molecule has 18 nitrogen and oxygen atoms in total. The molecule has 89 heavy (non-hydrogen) atoms. The van der Waals surface area contributed by atoms with Crippen molar-refractivity contribution >= 4 is 47.0 Å². The predicted molar refractivity (Wildman–Crippen MR) is 336 cm³/mol. The highest BCUT2D eigenvalue weighted by atomic mass is 35.5. The van der Waals surface area contributed by atoms with Crippen LogP contribution in [0, 0.1) is 11.6 Å². The number of ether oxygens (including phenoxy) is 7. The Hall–Kier alpha value is -7.46. The van der Waals surface area contributed by atoms with Crippen molar-refractivity contribution in [2.45, 2.75) is 162 Å². The highest BCUT2D eigenvalue weighted by Gasteiger charge is 2.34. The average Bonchev–Trinajstić information content (AvgIpc) is 1.71. The van der Waals surface area contributed by atoms with Gasteiger partial charge in [-0.05, 0) is 211 Å². The Morgan fingerprint density at radius 1 is 0.596 bits per heavy atom. The molecule has 0 saturated carbocycles. The van der Waals surface area contributed by atoms with Gasteiger partial charge < -0.3 is 59.5 Å². The lowest BCUT2D eigenvalue weighted by Gasteiger charge is -2.31. The van der Waals surface area contributed by atoms with Crippen molar-refractivity contribution in [2.75, 3.05) is 27.4 Å². The lowest BCUT2D eigenvalue weighted by atomic mass is 9.87.